The summed E-state index contributed by atoms with van der Waals surface area (Å²) in [5, 5.41) is 9.10. The van der Waals surface area contributed by atoms with E-state index in [0.717, 1.165) is 32.4 Å². The Kier molecular flexibility index (Phi) is 5.74. The van der Waals surface area contributed by atoms with E-state index in [0.29, 0.717) is 25.4 Å². The van der Waals surface area contributed by atoms with Crippen LogP contribution in [0.3, 0.4) is 0 Å². The quantitative estimate of drug-likeness (QED) is 0.890. The summed E-state index contributed by atoms with van der Waals surface area (Å²) in [6.45, 7) is 4.79. The molecule has 0 saturated carbocycles. The van der Waals surface area contributed by atoms with Crippen molar-refractivity contribution in [3.63, 3.8) is 0 Å². The molecule has 0 aliphatic carbocycles. The number of hydrogen-bond acceptors (Lipinski definition) is 3. The molecule has 0 unspecified atom stereocenters. The van der Waals surface area contributed by atoms with Gasteiger partial charge in [-0.2, -0.15) is 0 Å². The molecule has 5 nitrogen and oxygen atoms in total. The van der Waals surface area contributed by atoms with Crippen molar-refractivity contribution in [3.05, 3.63) is 35.9 Å². The highest BCUT2D eigenvalue weighted by Crippen LogP contribution is 2.24. The van der Waals surface area contributed by atoms with Gasteiger partial charge in [0.05, 0.1) is 12.0 Å². The number of likely N-dealkylation sites (tertiary alicyclic amines) is 2. The van der Waals surface area contributed by atoms with Crippen LogP contribution in [0.25, 0.3) is 0 Å². The molecule has 2 fully saturated rings. The van der Waals surface area contributed by atoms with Gasteiger partial charge in [-0.05, 0) is 57.2 Å². The average molecular weight is 344 g/mol. The first-order chi connectivity index (χ1) is 12.0. The Morgan fingerprint density at radius 1 is 1.12 bits per heavy atom. The van der Waals surface area contributed by atoms with E-state index in [1.54, 1.807) is 4.90 Å². The molecule has 1 N–H and O–H groups in total. The lowest BCUT2D eigenvalue weighted by Gasteiger charge is -2.36. The topological polar surface area (TPSA) is 60.9 Å². The summed E-state index contributed by atoms with van der Waals surface area (Å²) in [4.78, 5) is 27.8. The molecule has 0 spiro atoms. The van der Waals surface area contributed by atoms with Crippen LogP contribution in [0, 0.1) is 11.8 Å². The molecule has 2 heterocycles. The highest BCUT2D eigenvalue weighted by atomic mass is 16.4. The first-order valence-electron chi connectivity index (χ1n) is 9.34. The second-order valence-corrected chi connectivity index (χ2v) is 7.45. The van der Waals surface area contributed by atoms with Gasteiger partial charge in [0.2, 0.25) is 5.91 Å². The molecule has 0 radical (unpaired) electrons. The van der Waals surface area contributed by atoms with Crippen molar-refractivity contribution >= 4 is 11.9 Å². The molecule has 2 atom stereocenters. The number of hydrogen-bond donors (Lipinski definition) is 1. The van der Waals surface area contributed by atoms with Crippen LogP contribution in [-0.2, 0) is 16.0 Å². The lowest BCUT2D eigenvalue weighted by atomic mass is 9.89. The largest absolute Gasteiger partial charge is 0.481 e. The fraction of sp³-hybridized carbons (Fsp3) is 0.600. The number of benzene rings is 1. The van der Waals surface area contributed by atoms with Gasteiger partial charge in [-0.1, -0.05) is 30.3 Å². The van der Waals surface area contributed by atoms with Crippen LogP contribution in [0.15, 0.2) is 30.3 Å². The van der Waals surface area contributed by atoms with Crippen molar-refractivity contribution in [2.45, 2.75) is 38.6 Å². The minimum absolute atomic E-state index is 0.0882. The molecule has 0 aromatic heterocycles. The minimum Gasteiger partial charge on any atom is -0.481 e. The Labute approximate surface area is 149 Å². The van der Waals surface area contributed by atoms with Crippen molar-refractivity contribution in [2.24, 2.45) is 11.8 Å². The van der Waals surface area contributed by atoms with Crippen LogP contribution in [0.2, 0.25) is 0 Å². The second-order valence-electron chi connectivity index (χ2n) is 7.45. The van der Waals surface area contributed by atoms with Gasteiger partial charge < -0.3 is 10.0 Å². The molecule has 2 aliphatic heterocycles. The zero-order valence-electron chi connectivity index (χ0n) is 14.9. The van der Waals surface area contributed by atoms with Gasteiger partial charge in [0, 0.05) is 13.1 Å². The molecule has 3 rings (SSSR count). The number of amides is 1. The fourth-order valence-corrected chi connectivity index (χ4v) is 4.07. The minimum atomic E-state index is -0.787. The number of carbonyl (C=O) groups excluding carboxylic acids is 1. The lowest BCUT2D eigenvalue weighted by molar-refractivity contribution is -0.141. The SMILES string of the molecule is C[C@H](C(=O)N1CC[C@@H](C(=O)O)C1)N1CCC(Cc2ccccc2)CC1. The average Bonchev–Trinajstić information content (AvgIpc) is 3.12. The molecule has 2 saturated heterocycles. The van der Waals surface area contributed by atoms with E-state index in [1.165, 1.54) is 5.56 Å². The molecule has 2 aliphatic rings. The van der Waals surface area contributed by atoms with E-state index in [4.69, 9.17) is 5.11 Å². The molecule has 1 amide bonds. The summed E-state index contributed by atoms with van der Waals surface area (Å²) < 4.78 is 0. The maximum absolute atomic E-state index is 12.7. The van der Waals surface area contributed by atoms with E-state index < -0.39 is 11.9 Å². The van der Waals surface area contributed by atoms with Gasteiger partial charge in [0.25, 0.3) is 0 Å². The standard InChI is InChI=1S/C20H28N2O3/c1-15(19(23)22-12-9-18(14-22)20(24)25)21-10-7-17(8-11-21)13-16-5-3-2-4-6-16/h2-6,15,17-18H,7-14H2,1H3,(H,24,25)/t15-,18-/m1/s1. The van der Waals surface area contributed by atoms with E-state index >= 15 is 0 Å². The Morgan fingerprint density at radius 3 is 2.40 bits per heavy atom. The van der Waals surface area contributed by atoms with Gasteiger partial charge >= 0.3 is 5.97 Å². The number of carbonyl (C=O) groups is 2. The summed E-state index contributed by atoms with van der Waals surface area (Å²) in [6, 6.07) is 10.4. The smallest absolute Gasteiger partial charge is 0.308 e. The van der Waals surface area contributed by atoms with E-state index in [9.17, 15) is 9.59 Å². The number of carboxylic acids is 1. The molecular formula is C20H28N2O3. The molecule has 1 aromatic rings. The molecule has 1 aromatic carbocycles. The number of rotatable bonds is 5. The van der Waals surface area contributed by atoms with Crippen LogP contribution >= 0.6 is 0 Å². The third kappa shape index (κ3) is 4.40. The maximum Gasteiger partial charge on any atom is 0.308 e. The third-order valence-corrected chi connectivity index (χ3v) is 5.77. The van der Waals surface area contributed by atoms with Crippen LogP contribution in [0.1, 0.15) is 31.7 Å². The first-order valence-corrected chi connectivity index (χ1v) is 9.34. The summed E-state index contributed by atoms with van der Waals surface area (Å²) in [5.74, 6) is -0.410. The van der Waals surface area contributed by atoms with Gasteiger partial charge in [-0.3, -0.25) is 14.5 Å². The van der Waals surface area contributed by atoms with Crippen molar-refractivity contribution in [1.82, 2.24) is 9.80 Å². The van der Waals surface area contributed by atoms with Crippen LogP contribution in [0.4, 0.5) is 0 Å². The summed E-state index contributed by atoms with van der Waals surface area (Å²) >= 11 is 0. The first kappa shape index (κ1) is 17.9. The Morgan fingerprint density at radius 2 is 1.80 bits per heavy atom. The van der Waals surface area contributed by atoms with Gasteiger partial charge in [-0.25, -0.2) is 0 Å². The Hall–Kier alpha value is -1.88. The van der Waals surface area contributed by atoms with Gasteiger partial charge in [-0.15, -0.1) is 0 Å². The molecule has 25 heavy (non-hydrogen) atoms. The number of carboxylic acid groups (broad SMARTS) is 1. The zero-order chi connectivity index (χ0) is 17.8. The van der Waals surface area contributed by atoms with Gasteiger partial charge in [0.15, 0.2) is 0 Å². The monoisotopic (exact) mass is 344 g/mol. The van der Waals surface area contributed by atoms with Crippen molar-refractivity contribution in [3.8, 4) is 0 Å². The highest BCUT2D eigenvalue weighted by Gasteiger charge is 2.35. The number of aliphatic carboxylic acids is 1. The third-order valence-electron chi connectivity index (χ3n) is 5.77. The molecule has 5 heteroatoms. The van der Waals surface area contributed by atoms with Crippen LogP contribution < -0.4 is 0 Å². The Bertz CT molecular complexity index is 596. The van der Waals surface area contributed by atoms with E-state index in [-0.39, 0.29) is 11.9 Å². The number of piperidine rings is 1. The molecule has 0 bridgehead atoms. The summed E-state index contributed by atoms with van der Waals surface area (Å²) in [5.41, 5.74) is 1.39. The van der Waals surface area contributed by atoms with Gasteiger partial charge in [0.1, 0.15) is 0 Å². The van der Waals surface area contributed by atoms with Crippen molar-refractivity contribution in [2.75, 3.05) is 26.2 Å². The summed E-state index contributed by atoms with van der Waals surface area (Å²) in [7, 11) is 0. The van der Waals surface area contributed by atoms with E-state index in [2.05, 4.69) is 29.2 Å². The van der Waals surface area contributed by atoms with Crippen LogP contribution in [-0.4, -0.2) is 59.0 Å². The van der Waals surface area contributed by atoms with Crippen LogP contribution in [0.5, 0.6) is 0 Å². The van der Waals surface area contributed by atoms with Crippen molar-refractivity contribution in [1.29, 1.82) is 0 Å². The number of nitrogens with zero attached hydrogens (tertiary/aromatic N) is 2. The molecular weight excluding hydrogens is 316 g/mol. The second kappa shape index (κ2) is 8.00. The summed E-state index contributed by atoms with van der Waals surface area (Å²) in [6.07, 6.45) is 3.92. The maximum atomic E-state index is 12.7. The normalized spacial score (nSPS) is 23.6. The fourth-order valence-electron chi connectivity index (χ4n) is 4.07. The predicted octanol–water partition coefficient (Wildman–Crippen LogP) is 2.26. The Balaban J connectivity index is 1.47. The van der Waals surface area contributed by atoms with E-state index in [1.807, 2.05) is 13.0 Å². The lowest BCUT2D eigenvalue weighted by Crippen LogP contribution is -2.49. The predicted molar refractivity (Wildman–Crippen MR) is 96.2 cm³/mol. The zero-order valence-corrected chi connectivity index (χ0v) is 14.9. The highest BCUT2D eigenvalue weighted by molar-refractivity contribution is 5.83. The van der Waals surface area contributed by atoms with Crippen molar-refractivity contribution < 1.29 is 14.7 Å². The molecule has 136 valence electrons.